The quantitative estimate of drug-likeness (QED) is 0.266. The number of amides is 1. The maximum absolute atomic E-state index is 11.5. The fourth-order valence-electron chi connectivity index (χ4n) is 2.64. The van der Waals surface area contributed by atoms with E-state index in [0.29, 0.717) is 37.0 Å². The first-order chi connectivity index (χ1) is 11.6. The van der Waals surface area contributed by atoms with E-state index in [2.05, 4.69) is 10.3 Å². The number of nitrogens with two attached hydrogens (primary N) is 1. The molecular formula is C17H27IN4O3. The molecule has 3 N–H and O–H groups in total. The molecule has 1 aromatic rings. The summed E-state index contributed by atoms with van der Waals surface area (Å²) >= 11 is 0. The lowest BCUT2D eigenvalue weighted by atomic mass is 10.2. The average Bonchev–Trinajstić information content (AvgIpc) is 3.01. The molecule has 25 heavy (non-hydrogen) atoms. The number of hydrogen-bond acceptors (Lipinski definition) is 4. The zero-order chi connectivity index (χ0) is 17.4. The summed E-state index contributed by atoms with van der Waals surface area (Å²) in [5, 5.41) is 3.08. The van der Waals surface area contributed by atoms with Crippen LogP contribution in [0.15, 0.2) is 23.2 Å². The number of likely N-dealkylation sites (tertiary alicyclic amines) is 1. The first kappa shape index (κ1) is 21.3. The zero-order valence-corrected chi connectivity index (χ0v) is 17.1. The summed E-state index contributed by atoms with van der Waals surface area (Å²) < 4.78 is 10.5. The van der Waals surface area contributed by atoms with Gasteiger partial charge in [0, 0.05) is 26.1 Å². The lowest BCUT2D eigenvalue weighted by Gasteiger charge is -2.15. The van der Waals surface area contributed by atoms with Gasteiger partial charge in [-0.25, -0.2) is 4.99 Å². The summed E-state index contributed by atoms with van der Waals surface area (Å²) in [6.45, 7) is 2.81. The minimum Gasteiger partial charge on any atom is -0.493 e. The Bertz CT molecular complexity index is 595. The van der Waals surface area contributed by atoms with E-state index in [1.807, 2.05) is 23.1 Å². The second kappa shape index (κ2) is 11.0. The highest BCUT2D eigenvalue weighted by Gasteiger charge is 2.18. The lowest BCUT2D eigenvalue weighted by Crippen LogP contribution is -2.34. The fourth-order valence-corrected chi connectivity index (χ4v) is 2.64. The molecule has 1 aliphatic rings. The monoisotopic (exact) mass is 462 g/mol. The van der Waals surface area contributed by atoms with Crippen LogP contribution in [-0.4, -0.2) is 50.6 Å². The first-order valence-corrected chi connectivity index (χ1v) is 8.16. The number of benzene rings is 1. The Hall–Kier alpha value is -1.71. The molecule has 7 nitrogen and oxygen atoms in total. The molecular weight excluding hydrogens is 435 g/mol. The highest BCUT2D eigenvalue weighted by molar-refractivity contribution is 14.0. The summed E-state index contributed by atoms with van der Waals surface area (Å²) in [6.07, 6.45) is 2.52. The van der Waals surface area contributed by atoms with Crippen LogP contribution in [0, 0.1) is 0 Å². The Morgan fingerprint density at radius 2 is 2.08 bits per heavy atom. The topological polar surface area (TPSA) is 89.2 Å². The van der Waals surface area contributed by atoms with Crippen molar-refractivity contribution in [2.45, 2.75) is 25.8 Å². The second-order valence-corrected chi connectivity index (χ2v) is 5.66. The van der Waals surface area contributed by atoms with Crippen LogP contribution in [-0.2, 0) is 11.3 Å². The van der Waals surface area contributed by atoms with Gasteiger partial charge in [0.05, 0.1) is 20.8 Å². The molecule has 0 radical (unpaired) electrons. The van der Waals surface area contributed by atoms with Gasteiger partial charge in [0.25, 0.3) is 0 Å². The van der Waals surface area contributed by atoms with E-state index < -0.39 is 0 Å². The van der Waals surface area contributed by atoms with Crippen molar-refractivity contribution in [1.82, 2.24) is 10.2 Å². The van der Waals surface area contributed by atoms with E-state index in [0.717, 1.165) is 31.5 Å². The first-order valence-electron chi connectivity index (χ1n) is 8.16. The number of guanidine groups is 1. The van der Waals surface area contributed by atoms with Crippen molar-refractivity contribution in [2.24, 2.45) is 10.7 Å². The SMILES string of the molecule is COc1ccc(CN=C(N)NCCCN2CCCC2=O)cc1OC.I. The molecule has 0 spiro atoms. The Morgan fingerprint density at radius 3 is 2.72 bits per heavy atom. The number of nitrogens with zero attached hydrogens (tertiary/aromatic N) is 2. The van der Waals surface area contributed by atoms with Crippen molar-refractivity contribution in [1.29, 1.82) is 0 Å². The van der Waals surface area contributed by atoms with E-state index in [1.54, 1.807) is 14.2 Å². The largest absolute Gasteiger partial charge is 0.493 e. The number of hydrogen-bond donors (Lipinski definition) is 2. The number of aliphatic imine (C=N–C) groups is 1. The Kier molecular flexibility index (Phi) is 9.40. The van der Waals surface area contributed by atoms with Crippen molar-refractivity contribution in [3.05, 3.63) is 23.8 Å². The summed E-state index contributed by atoms with van der Waals surface area (Å²) in [5.41, 5.74) is 6.86. The molecule has 0 bridgehead atoms. The summed E-state index contributed by atoms with van der Waals surface area (Å²) in [7, 11) is 3.21. The average molecular weight is 462 g/mol. The highest BCUT2D eigenvalue weighted by atomic mass is 127. The van der Waals surface area contributed by atoms with Gasteiger partial charge in [0.15, 0.2) is 17.5 Å². The summed E-state index contributed by atoms with van der Waals surface area (Å²) in [6, 6.07) is 5.66. The molecule has 1 aliphatic heterocycles. The van der Waals surface area contributed by atoms with Crippen LogP contribution < -0.4 is 20.5 Å². The maximum Gasteiger partial charge on any atom is 0.222 e. The van der Waals surface area contributed by atoms with E-state index in [1.165, 1.54) is 0 Å². The molecule has 1 saturated heterocycles. The predicted molar refractivity (Wildman–Crippen MR) is 109 cm³/mol. The van der Waals surface area contributed by atoms with E-state index >= 15 is 0 Å². The van der Waals surface area contributed by atoms with Gasteiger partial charge in [0.1, 0.15) is 0 Å². The van der Waals surface area contributed by atoms with Gasteiger partial charge >= 0.3 is 0 Å². The van der Waals surface area contributed by atoms with Gasteiger partial charge in [-0.3, -0.25) is 4.79 Å². The molecule has 0 unspecified atom stereocenters. The number of halogens is 1. The minimum absolute atomic E-state index is 0. The zero-order valence-electron chi connectivity index (χ0n) is 14.8. The number of nitrogens with one attached hydrogen (secondary N) is 1. The molecule has 1 amide bonds. The molecule has 1 fully saturated rings. The standard InChI is InChI=1S/C17H26N4O3.HI/c1-23-14-7-6-13(11-15(14)24-2)12-20-17(18)19-8-4-10-21-9-3-5-16(21)22;/h6-7,11H,3-5,8-10,12H2,1-2H3,(H3,18,19,20);1H. The summed E-state index contributed by atoms with van der Waals surface area (Å²) in [5.74, 6) is 2.02. The fraction of sp³-hybridized carbons (Fsp3) is 0.529. The van der Waals surface area contributed by atoms with E-state index in [9.17, 15) is 4.79 Å². The number of rotatable bonds is 8. The lowest BCUT2D eigenvalue weighted by molar-refractivity contribution is -0.127. The third-order valence-electron chi connectivity index (χ3n) is 3.96. The third kappa shape index (κ3) is 6.60. The minimum atomic E-state index is 0. The van der Waals surface area contributed by atoms with Gasteiger partial charge in [-0.2, -0.15) is 0 Å². The molecule has 0 atom stereocenters. The van der Waals surface area contributed by atoms with E-state index in [-0.39, 0.29) is 29.9 Å². The summed E-state index contributed by atoms with van der Waals surface area (Å²) in [4.78, 5) is 17.7. The number of ether oxygens (including phenoxy) is 2. The molecule has 0 aromatic heterocycles. The molecule has 2 rings (SSSR count). The van der Waals surface area contributed by atoms with Crippen LogP contribution in [0.2, 0.25) is 0 Å². The molecule has 140 valence electrons. The second-order valence-electron chi connectivity index (χ2n) is 5.66. The molecule has 1 aromatic carbocycles. The predicted octanol–water partition coefficient (Wildman–Crippen LogP) is 1.74. The Morgan fingerprint density at radius 1 is 1.32 bits per heavy atom. The smallest absolute Gasteiger partial charge is 0.222 e. The molecule has 0 aliphatic carbocycles. The van der Waals surface area contributed by atoms with Crippen LogP contribution in [0.5, 0.6) is 11.5 Å². The van der Waals surface area contributed by atoms with Crippen LogP contribution in [0.4, 0.5) is 0 Å². The van der Waals surface area contributed by atoms with Crippen LogP contribution >= 0.6 is 24.0 Å². The molecule has 0 saturated carbocycles. The molecule has 1 heterocycles. The Labute approximate surface area is 166 Å². The number of carbonyl (C=O) groups excluding carboxylic acids is 1. The number of carbonyl (C=O) groups is 1. The van der Waals surface area contributed by atoms with Crippen molar-refractivity contribution < 1.29 is 14.3 Å². The van der Waals surface area contributed by atoms with Crippen LogP contribution in [0.1, 0.15) is 24.8 Å². The van der Waals surface area contributed by atoms with Gasteiger partial charge in [-0.15, -0.1) is 24.0 Å². The Balaban J connectivity index is 0.00000312. The van der Waals surface area contributed by atoms with E-state index in [4.69, 9.17) is 15.2 Å². The van der Waals surface area contributed by atoms with Crippen LogP contribution in [0.25, 0.3) is 0 Å². The van der Waals surface area contributed by atoms with Crippen molar-refractivity contribution >= 4 is 35.8 Å². The molecule has 8 heteroatoms. The van der Waals surface area contributed by atoms with Gasteiger partial charge < -0.3 is 25.4 Å². The van der Waals surface area contributed by atoms with Crippen molar-refractivity contribution in [3.63, 3.8) is 0 Å². The normalized spacial score (nSPS) is 14.2. The number of methoxy groups -OCH3 is 2. The third-order valence-corrected chi connectivity index (χ3v) is 3.96. The van der Waals surface area contributed by atoms with Gasteiger partial charge in [0.2, 0.25) is 5.91 Å². The van der Waals surface area contributed by atoms with Crippen molar-refractivity contribution in [2.75, 3.05) is 33.9 Å². The van der Waals surface area contributed by atoms with Gasteiger partial charge in [-0.05, 0) is 30.5 Å². The van der Waals surface area contributed by atoms with Crippen molar-refractivity contribution in [3.8, 4) is 11.5 Å². The highest BCUT2D eigenvalue weighted by Crippen LogP contribution is 2.27. The van der Waals surface area contributed by atoms with Crippen LogP contribution in [0.3, 0.4) is 0 Å². The maximum atomic E-state index is 11.5. The van der Waals surface area contributed by atoms with Gasteiger partial charge in [-0.1, -0.05) is 6.07 Å².